The average molecular weight is 416 g/mol. The predicted octanol–water partition coefficient (Wildman–Crippen LogP) is 3.44. The number of hydrogen-bond donors (Lipinski definition) is 2. The van der Waals surface area contributed by atoms with Crippen LogP contribution in [0.15, 0.2) is 36.4 Å². The normalized spacial score (nSPS) is 13.0. The van der Waals surface area contributed by atoms with Crippen LogP contribution in [-0.2, 0) is 0 Å². The summed E-state index contributed by atoms with van der Waals surface area (Å²) < 4.78 is 15.9. The standard InChI is InChI=1S/C21H25N3O4S/c1-26-17-11-14(12-18(27-2)19(17)28-3)20(25)23-21(29)22-15-7-6-8-16(13-15)24-9-4-5-10-24/h6-8,11-13H,4-5,9-10H2,1-3H3,(H2,22,23,25,29). The molecule has 1 heterocycles. The maximum Gasteiger partial charge on any atom is 0.257 e. The predicted molar refractivity (Wildman–Crippen MR) is 118 cm³/mol. The third-order valence-corrected chi connectivity index (χ3v) is 4.93. The van der Waals surface area contributed by atoms with Gasteiger partial charge in [0, 0.05) is 30.0 Å². The lowest BCUT2D eigenvalue weighted by Gasteiger charge is -2.19. The van der Waals surface area contributed by atoms with Crippen LogP contribution in [0.1, 0.15) is 23.2 Å². The number of hydrogen-bond acceptors (Lipinski definition) is 6. The van der Waals surface area contributed by atoms with Gasteiger partial charge in [0.1, 0.15) is 0 Å². The number of ether oxygens (including phenoxy) is 3. The van der Waals surface area contributed by atoms with Crippen LogP contribution in [0.5, 0.6) is 17.2 Å². The maximum absolute atomic E-state index is 12.7. The first-order chi connectivity index (χ1) is 14.0. The molecule has 0 aliphatic carbocycles. The molecule has 3 rings (SSSR count). The molecule has 1 saturated heterocycles. The van der Waals surface area contributed by atoms with Gasteiger partial charge in [-0.3, -0.25) is 10.1 Å². The van der Waals surface area contributed by atoms with E-state index in [1.165, 1.54) is 34.2 Å². The molecule has 0 spiro atoms. The molecule has 2 N–H and O–H groups in total. The van der Waals surface area contributed by atoms with Gasteiger partial charge in [0.15, 0.2) is 16.6 Å². The summed E-state index contributed by atoms with van der Waals surface area (Å²) in [5.41, 5.74) is 2.31. The Morgan fingerprint density at radius 1 is 1.00 bits per heavy atom. The second-order valence-corrected chi connectivity index (χ2v) is 6.97. The van der Waals surface area contributed by atoms with E-state index < -0.39 is 0 Å². The van der Waals surface area contributed by atoms with E-state index in [1.54, 1.807) is 12.1 Å². The summed E-state index contributed by atoms with van der Waals surface area (Å²) in [6.45, 7) is 2.12. The molecule has 0 atom stereocenters. The van der Waals surface area contributed by atoms with Crippen molar-refractivity contribution in [2.75, 3.05) is 44.6 Å². The minimum atomic E-state index is -0.377. The highest BCUT2D eigenvalue weighted by atomic mass is 32.1. The van der Waals surface area contributed by atoms with Crippen LogP contribution in [0, 0.1) is 0 Å². The Morgan fingerprint density at radius 2 is 1.66 bits per heavy atom. The van der Waals surface area contributed by atoms with Crippen molar-refractivity contribution < 1.29 is 19.0 Å². The third-order valence-electron chi connectivity index (χ3n) is 4.73. The number of thiocarbonyl (C=S) groups is 1. The summed E-state index contributed by atoms with van der Waals surface area (Å²) in [6, 6.07) is 11.1. The second-order valence-electron chi connectivity index (χ2n) is 6.57. The molecule has 1 amide bonds. The molecule has 154 valence electrons. The summed E-state index contributed by atoms with van der Waals surface area (Å²) in [5.74, 6) is 0.840. The second kappa shape index (κ2) is 9.47. The number of nitrogens with one attached hydrogen (secondary N) is 2. The highest BCUT2D eigenvalue weighted by Crippen LogP contribution is 2.38. The summed E-state index contributed by atoms with van der Waals surface area (Å²) in [4.78, 5) is 15.0. The first-order valence-electron chi connectivity index (χ1n) is 9.33. The van der Waals surface area contributed by atoms with Gasteiger partial charge in [0.2, 0.25) is 5.75 Å². The lowest BCUT2D eigenvalue weighted by molar-refractivity contribution is 0.0977. The quantitative estimate of drug-likeness (QED) is 0.700. The van der Waals surface area contributed by atoms with Gasteiger partial charge in [-0.25, -0.2) is 0 Å². The van der Waals surface area contributed by atoms with Crippen LogP contribution >= 0.6 is 12.2 Å². The molecule has 2 aromatic carbocycles. The first-order valence-corrected chi connectivity index (χ1v) is 9.74. The maximum atomic E-state index is 12.7. The molecule has 0 saturated carbocycles. The molecule has 0 radical (unpaired) electrons. The zero-order chi connectivity index (χ0) is 20.8. The van der Waals surface area contributed by atoms with E-state index in [4.69, 9.17) is 26.4 Å². The highest BCUT2D eigenvalue weighted by Gasteiger charge is 2.18. The van der Waals surface area contributed by atoms with Crippen molar-refractivity contribution in [3.8, 4) is 17.2 Å². The van der Waals surface area contributed by atoms with Gasteiger partial charge >= 0.3 is 0 Å². The van der Waals surface area contributed by atoms with Gasteiger partial charge in [-0.2, -0.15) is 0 Å². The van der Waals surface area contributed by atoms with Gasteiger partial charge in [-0.1, -0.05) is 6.07 Å². The van der Waals surface area contributed by atoms with E-state index in [1.807, 2.05) is 18.2 Å². The van der Waals surface area contributed by atoms with Crippen LogP contribution in [0.2, 0.25) is 0 Å². The number of nitrogens with zero attached hydrogens (tertiary/aromatic N) is 1. The Hall–Kier alpha value is -3.00. The largest absolute Gasteiger partial charge is 0.493 e. The smallest absolute Gasteiger partial charge is 0.257 e. The lowest BCUT2D eigenvalue weighted by Crippen LogP contribution is -2.34. The zero-order valence-corrected chi connectivity index (χ0v) is 17.6. The topological polar surface area (TPSA) is 72.1 Å². The molecule has 7 nitrogen and oxygen atoms in total. The molecule has 0 unspecified atom stereocenters. The minimum absolute atomic E-state index is 0.210. The molecular weight excluding hydrogens is 390 g/mol. The number of rotatable bonds is 6. The molecule has 29 heavy (non-hydrogen) atoms. The van der Waals surface area contributed by atoms with Crippen molar-refractivity contribution >= 4 is 34.6 Å². The Bertz CT molecular complexity index is 872. The van der Waals surface area contributed by atoms with E-state index in [9.17, 15) is 4.79 Å². The fraction of sp³-hybridized carbons (Fsp3) is 0.333. The number of anilines is 2. The Morgan fingerprint density at radius 3 is 2.24 bits per heavy atom. The first kappa shape index (κ1) is 20.7. The molecule has 1 fully saturated rings. The fourth-order valence-electron chi connectivity index (χ4n) is 3.31. The van der Waals surface area contributed by atoms with Crippen LogP contribution in [-0.4, -0.2) is 45.4 Å². The third kappa shape index (κ3) is 4.89. The number of carbonyl (C=O) groups excluding carboxylic acids is 1. The number of methoxy groups -OCH3 is 3. The number of amides is 1. The summed E-state index contributed by atoms with van der Waals surface area (Å²) >= 11 is 5.32. The van der Waals surface area contributed by atoms with Crippen molar-refractivity contribution in [3.05, 3.63) is 42.0 Å². The highest BCUT2D eigenvalue weighted by molar-refractivity contribution is 7.80. The summed E-state index contributed by atoms with van der Waals surface area (Å²) in [5, 5.41) is 5.97. The molecule has 8 heteroatoms. The van der Waals surface area contributed by atoms with Crippen LogP contribution in [0.25, 0.3) is 0 Å². The fourth-order valence-corrected chi connectivity index (χ4v) is 3.52. The van der Waals surface area contributed by atoms with Crippen molar-refractivity contribution in [2.45, 2.75) is 12.8 Å². The van der Waals surface area contributed by atoms with E-state index in [0.717, 1.165) is 24.5 Å². The van der Waals surface area contributed by atoms with Gasteiger partial charge < -0.3 is 24.4 Å². The molecular formula is C21H25N3O4S. The molecule has 1 aliphatic rings. The molecule has 1 aliphatic heterocycles. The zero-order valence-electron chi connectivity index (χ0n) is 16.8. The van der Waals surface area contributed by atoms with Gasteiger partial charge in [-0.15, -0.1) is 0 Å². The van der Waals surface area contributed by atoms with Crippen molar-refractivity contribution in [1.29, 1.82) is 0 Å². The SMILES string of the molecule is COc1cc(C(=O)NC(=S)Nc2cccc(N3CCCC3)c2)cc(OC)c1OC. The van der Waals surface area contributed by atoms with Gasteiger partial charge in [0.25, 0.3) is 5.91 Å². The Kier molecular flexibility index (Phi) is 6.77. The van der Waals surface area contributed by atoms with E-state index in [-0.39, 0.29) is 11.0 Å². The monoisotopic (exact) mass is 415 g/mol. The van der Waals surface area contributed by atoms with Gasteiger partial charge in [0.05, 0.1) is 21.3 Å². The van der Waals surface area contributed by atoms with Crippen molar-refractivity contribution in [2.24, 2.45) is 0 Å². The Balaban J connectivity index is 1.69. The van der Waals surface area contributed by atoms with Crippen LogP contribution in [0.3, 0.4) is 0 Å². The van der Waals surface area contributed by atoms with E-state index in [0.29, 0.717) is 22.8 Å². The van der Waals surface area contributed by atoms with Crippen LogP contribution in [0.4, 0.5) is 11.4 Å². The average Bonchev–Trinajstić information content (AvgIpc) is 3.27. The Labute approximate surface area is 175 Å². The summed E-state index contributed by atoms with van der Waals surface area (Å²) in [6.07, 6.45) is 2.42. The minimum Gasteiger partial charge on any atom is -0.493 e. The number of carbonyl (C=O) groups is 1. The van der Waals surface area contributed by atoms with Gasteiger partial charge in [-0.05, 0) is 55.4 Å². The molecule has 0 bridgehead atoms. The molecule has 2 aromatic rings. The van der Waals surface area contributed by atoms with Crippen LogP contribution < -0.4 is 29.7 Å². The van der Waals surface area contributed by atoms with Crippen molar-refractivity contribution in [3.63, 3.8) is 0 Å². The summed E-state index contributed by atoms with van der Waals surface area (Å²) in [7, 11) is 4.51. The lowest BCUT2D eigenvalue weighted by atomic mass is 10.1. The number of benzene rings is 2. The van der Waals surface area contributed by atoms with Crippen molar-refractivity contribution in [1.82, 2.24) is 5.32 Å². The van der Waals surface area contributed by atoms with E-state index >= 15 is 0 Å². The molecule has 0 aromatic heterocycles. The van der Waals surface area contributed by atoms with E-state index in [2.05, 4.69) is 21.6 Å².